The van der Waals surface area contributed by atoms with E-state index in [1.165, 1.54) is 5.56 Å². The summed E-state index contributed by atoms with van der Waals surface area (Å²) in [5.74, 6) is 1.32. The van der Waals surface area contributed by atoms with Gasteiger partial charge in [-0.2, -0.15) is 0 Å². The fraction of sp³-hybridized carbons (Fsp3) is 0.278. The van der Waals surface area contributed by atoms with E-state index in [0.717, 1.165) is 5.75 Å². The van der Waals surface area contributed by atoms with E-state index in [1.807, 2.05) is 68.4 Å². The van der Waals surface area contributed by atoms with Gasteiger partial charge in [-0.1, -0.05) is 35.9 Å². The molecule has 0 unspecified atom stereocenters. The van der Waals surface area contributed by atoms with Crippen molar-refractivity contribution in [2.45, 2.75) is 19.9 Å². The van der Waals surface area contributed by atoms with E-state index in [1.54, 1.807) is 0 Å². The van der Waals surface area contributed by atoms with Crippen LogP contribution in [0.25, 0.3) is 0 Å². The van der Waals surface area contributed by atoms with Gasteiger partial charge in [-0.3, -0.25) is 4.79 Å². The molecule has 1 N–H and O–H groups in total. The Balaban J connectivity index is 1.68. The van der Waals surface area contributed by atoms with Crippen molar-refractivity contribution < 1.29 is 14.3 Å². The maximum atomic E-state index is 11.8. The molecule has 1 amide bonds. The van der Waals surface area contributed by atoms with Crippen LogP contribution in [0.3, 0.4) is 0 Å². The number of carbonyl (C=O) groups is 1. The molecule has 22 heavy (non-hydrogen) atoms. The maximum Gasteiger partial charge on any atom is 0.258 e. The number of nitrogens with one attached hydrogen (secondary N) is 1. The van der Waals surface area contributed by atoms with Crippen molar-refractivity contribution in [3.8, 4) is 11.5 Å². The number of hydrogen-bond acceptors (Lipinski definition) is 3. The molecule has 0 heterocycles. The lowest BCUT2D eigenvalue weighted by molar-refractivity contribution is -0.123. The summed E-state index contributed by atoms with van der Waals surface area (Å²) in [4.78, 5) is 11.8. The Bertz CT molecular complexity index is 581. The van der Waals surface area contributed by atoms with Crippen LogP contribution in [0.2, 0.25) is 0 Å². The van der Waals surface area contributed by atoms with Crippen molar-refractivity contribution in [3.63, 3.8) is 0 Å². The van der Waals surface area contributed by atoms with Crippen LogP contribution in [0.1, 0.15) is 12.5 Å². The van der Waals surface area contributed by atoms with E-state index >= 15 is 0 Å². The number of benzene rings is 2. The lowest BCUT2D eigenvalue weighted by atomic mass is 10.2. The average molecular weight is 299 g/mol. The number of aryl methyl sites for hydroxylation is 1. The Morgan fingerprint density at radius 1 is 1.00 bits per heavy atom. The van der Waals surface area contributed by atoms with Gasteiger partial charge in [-0.25, -0.2) is 0 Å². The lowest BCUT2D eigenvalue weighted by Gasteiger charge is -2.15. The number of hydrogen-bond donors (Lipinski definition) is 1. The van der Waals surface area contributed by atoms with Gasteiger partial charge in [-0.05, 0) is 38.1 Å². The minimum absolute atomic E-state index is 0.00111. The first-order chi connectivity index (χ1) is 10.6. The maximum absolute atomic E-state index is 11.8. The van der Waals surface area contributed by atoms with Gasteiger partial charge in [-0.15, -0.1) is 0 Å². The highest BCUT2D eigenvalue weighted by Gasteiger charge is 2.08. The van der Waals surface area contributed by atoms with Crippen molar-refractivity contribution in [2.75, 3.05) is 13.2 Å². The van der Waals surface area contributed by atoms with Crippen LogP contribution >= 0.6 is 0 Å². The first kappa shape index (κ1) is 15.9. The number of amides is 1. The quantitative estimate of drug-likeness (QED) is 0.855. The minimum atomic E-state index is -0.163. The molecule has 0 fully saturated rings. The van der Waals surface area contributed by atoms with E-state index in [2.05, 4.69) is 5.32 Å². The molecule has 0 spiro atoms. The molecule has 4 nitrogen and oxygen atoms in total. The van der Waals surface area contributed by atoms with Crippen LogP contribution in [-0.2, 0) is 4.79 Å². The van der Waals surface area contributed by atoms with Crippen LogP contribution in [0.4, 0.5) is 0 Å². The standard InChI is InChI=1S/C18H21NO3/c1-14-8-10-17(11-9-14)21-12-15(2)19-18(20)13-22-16-6-4-3-5-7-16/h3-11,15H,12-13H2,1-2H3,(H,19,20)/t15-/m1/s1. The lowest BCUT2D eigenvalue weighted by Crippen LogP contribution is -2.39. The molecule has 116 valence electrons. The summed E-state index contributed by atoms with van der Waals surface area (Å²) in [6.07, 6.45) is 0. The Morgan fingerprint density at radius 3 is 2.32 bits per heavy atom. The second-order valence-electron chi connectivity index (χ2n) is 5.19. The third-order valence-corrected chi connectivity index (χ3v) is 3.04. The molecular weight excluding hydrogens is 278 g/mol. The summed E-state index contributed by atoms with van der Waals surface area (Å²) in [6.45, 7) is 4.34. The number of ether oxygens (including phenoxy) is 2. The van der Waals surface area contributed by atoms with E-state index in [-0.39, 0.29) is 18.6 Å². The number of para-hydroxylation sites is 1. The topological polar surface area (TPSA) is 47.6 Å². The highest BCUT2D eigenvalue weighted by Crippen LogP contribution is 2.11. The Hall–Kier alpha value is -2.49. The third kappa shape index (κ3) is 5.48. The number of rotatable bonds is 7. The van der Waals surface area contributed by atoms with E-state index in [0.29, 0.717) is 12.4 Å². The highest BCUT2D eigenvalue weighted by molar-refractivity contribution is 5.77. The van der Waals surface area contributed by atoms with Crippen LogP contribution in [0.15, 0.2) is 54.6 Å². The molecule has 1 atom stereocenters. The zero-order valence-corrected chi connectivity index (χ0v) is 12.9. The van der Waals surface area contributed by atoms with Gasteiger partial charge in [0.2, 0.25) is 0 Å². The van der Waals surface area contributed by atoms with Crippen molar-refractivity contribution in [3.05, 3.63) is 60.2 Å². The van der Waals surface area contributed by atoms with Gasteiger partial charge >= 0.3 is 0 Å². The Kier molecular flexibility index (Phi) is 5.83. The van der Waals surface area contributed by atoms with Gasteiger partial charge in [0.25, 0.3) is 5.91 Å². The van der Waals surface area contributed by atoms with Crippen molar-refractivity contribution >= 4 is 5.91 Å². The molecule has 0 aliphatic rings. The molecule has 0 radical (unpaired) electrons. The predicted molar refractivity (Wildman–Crippen MR) is 86.2 cm³/mol. The second-order valence-corrected chi connectivity index (χ2v) is 5.19. The first-order valence-electron chi connectivity index (χ1n) is 7.30. The monoisotopic (exact) mass is 299 g/mol. The van der Waals surface area contributed by atoms with Crippen LogP contribution in [0, 0.1) is 6.92 Å². The smallest absolute Gasteiger partial charge is 0.258 e. The molecule has 2 aromatic rings. The third-order valence-electron chi connectivity index (χ3n) is 3.04. The summed E-state index contributed by atoms with van der Waals surface area (Å²) < 4.78 is 11.0. The zero-order chi connectivity index (χ0) is 15.8. The Morgan fingerprint density at radius 2 is 1.64 bits per heavy atom. The van der Waals surface area contributed by atoms with Crippen molar-refractivity contribution in [2.24, 2.45) is 0 Å². The molecule has 0 aromatic heterocycles. The van der Waals surface area contributed by atoms with Gasteiger partial charge in [0.05, 0.1) is 6.04 Å². The molecule has 0 saturated carbocycles. The zero-order valence-electron chi connectivity index (χ0n) is 12.9. The van der Waals surface area contributed by atoms with Crippen molar-refractivity contribution in [1.82, 2.24) is 5.32 Å². The summed E-state index contributed by atoms with van der Waals surface area (Å²) in [5, 5.41) is 2.84. The van der Waals surface area contributed by atoms with E-state index in [4.69, 9.17) is 9.47 Å². The first-order valence-corrected chi connectivity index (χ1v) is 7.30. The summed E-state index contributed by atoms with van der Waals surface area (Å²) in [5.41, 5.74) is 1.19. The molecule has 0 bridgehead atoms. The predicted octanol–water partition coefficient (Wildman–Crippen LogP) is 2.96. The van der Waals surface area contributed by atoms with Gasteiger partial charge < -0.3 is 14.8 Å². The molecule has 0 aliphatic heterocycles. The van der Waals surface area contributed by atoms with Gasteiger partial charge in [0.1, 0.15) is 18.1 Å². The summed E-state index contributed by atoms with van der Waals surface area (Å²) in [6, 6.07) is 17.0. The Labute approximate surface area is 131 Å². The van der Waals surface area contributed by atoms with E-state index < -0.39 is 0 Å². The van der Waals surface area contributed by atoms with Gasteiger partial charge in [0, 0.05) is 0 Å². The molecule has 2 aromatic carbocycles. The highest BCUT2D eigenvalue weighted by atomic mass is 16.5. The molecule has 4 heteroatoms. The fourth-order valence-corrected chi connectivity index (χ4v) is 1.88. The van der Waals surface area contributed by atoms with E-state index in [9.17, 15) is 4.79 Å². The molecule has 2 rings (SSSR count). The van der Waals surface area contributed by atoms with Crippen LogP contribution in [-0.4, -0.2) is 25.2 Å². The second kappa shape index (κ2) is 8.08. The molecule has 0 saturated heterocycles. The minimum Gasteiger partial charge on any atom is -0.491 e. The largest absolute Gasteiger partial charge is 0.491 e. The SMILES string of the molecule is Cc1ccc(OC[C@@H](C)NC(=O)COc2ccccc2)cc1. The average Bonchev–Trinajstić information content (AvgIpc) is 2.53. The molecule has 0 aliphatic carbocycles. The molecular formula is C18H21NO3. The van der Waals surface area contributed by atoms with Crippen LogP contribution < -0.4 is 14.8 Å². The number of carbonyl (C=O) groups excluding carboxylic acids is 1. The summed E-state index contributed by atoms with van der Waals surface area (Å²) in [7, 11) is 0. The van der Waals surface area contributed by atoms with Crippen LogP contribution in [0.5, 0.6) is 11.5 Å². The van der Waals surface area contributed by atoms with Gasteiger partial charge in [0.15, 0.2) is 6.61 Å². The van der Waals surface area contributed by atoms with Crippen molar-refractivity contribution in [1.29, 1.82) is 0 Å². The fourth-order valence-electron chi connectivity index (χ4n) is 1.88. The normalized spacial score (nSPS) is 11.5. The summed E-state index contributed by atoms with van der Waals surface area (Å²) >= 11 is 0.